The van der Waals surface area contributed by atoms with Crippen molar-refractivity contribution in [1.29, 1.82) is 0 Å². The SMILES string of the molecule is COCCOCCOCCOCCOCCOCCOCCOCCOCCOCCOCCOCCOB(OCCOCCOCCOCCOCCOCCOCCOCCOCCOCCOCCOCCOC)OCCOCCOCCOCCOCCOCCOCCOCCOCCOCCOCCOCCOC. The summed E-state index contributed by atoms with van der Waals surface area (Å²) in [7, 11) is 3.95. The summed E-state index contributed by atoms with van der Waals surface area (Å²) in [5.41, 5.74) is 0. The van der Waals surface area contributed by atoms with E-state index < -0.39 is 7.32 Å². The molecular weight excluding hydrogens is 1540 g/mol. The fourth-order valence-electron chi connectivity index (χ4n) is 8.08. The van der Waals surface area contributed by atoms with E-state index in [9.17, 15) is 0 Å². The summed E-state index contributed by atoms with van der Waals surface area (Å²) < 4.78 is 215. The van der Waals surface area contributed by atoms with E-state index in [1.54, 1.807) is 21.3 Å². The second-order valence-corrected chi connectivity index (χ2v) is 23.1. The van der Waals surface area contributed by atoms with Gasteiger partial charge in [0, 0.05) is 21.3 Å². The van der Waals surface area contributed by atoms with Crippen molar-refractivity contribution in [2.75, 3.05) is 497 Å². The van der Waals surface area contributed by atoms with Crippen molar-refractivity contribution in [1.82, 2.24) is 0 Å². The average Bonchev–Trinajstić information content (AvgIpc) is 1.20. The van der Waals surface area contributed by atoms with Crippen LogP contribution < -0.4 is 0 Å². The van der Waals surface area contributed by atoms with E-state index in [1.807, 2.05) is 0 Å². The molecule has 0 unspecified atom stereocenters. The lowest BCUT2D eigenvalue weighted by Crippen LogP contribution is -2.32. The zero-order valence-electron chi connectivity index (χ0n) is 70.4. The molecule has 0 heterocycles. The maximum absolute atomic E-state index is 5.84. The first-order chi connectivity index (χ1) is 57.3. The van der Waals surface area contributed by atoms with E-state index in [2.05, 4.69) is 0 Å². The third-order valence-electron chi connectivity index (χ3n) is 13.9. The third kappa shape index (κ3) is 109. The Morgan fingerprint density at radius 2 is 0.148 bits per heavy atom. The van der Waals surface area contributed by atoms with Gasteiger partial charge >= 0.3 is 7.32 Å². The molecule has 0 radical (unpaired) electrons. The van der Waals surface area contributed by atoms with Gasteiger partial charge in [0.25, 0.3) is 0 Å². The molecule has 0 saturated heterocycles. The highest BCUT2D eigenvalue weighted by molar-refractivity contribution is 6.36. The largest absolute Gasteiger partial charge is 0.639 e. The molecule has 0 atom stereocenters. The van der Waals surface area contributed by atoms with Crippen LogP contribution in [0.2, 0.25) is 0 Å². The van der Waals surface area contributed by atoms with Crippen LogP contribution in [0.4, 0.5) is 0 Å². The van der Waals surface area contributed by atoms with Crippen molar-refractivity contribution in [2.45, 2.75) is 0 Å². The Morgan fingerprint density at radius 1 is 0.0870 bits per heavy atom. The van der Waals surface area contributed by atoms with Crippen LogP contribution in [0.15, 0.2) is 0 Å². The summed E-state index contributed by atoms with van der Waals surface area (Å²) in [5, 5.41) is 0. The highest BCUT2D eigenvalue weighted by Crippen LogP contribution is 1.98. The maximum Gasteiger partial charge on any atom is 0.639 e. The second kappa shape index (κ2) is 111. The Labute approximate surface area is 686 Å². The topological polar surface area (TPSA) is 360 Å². The van der Waals surface area contributed by atoms with Crippen LogP contribution in [-0.4, -0.2) is 504 Å². The number of hydrogen-bond donors (Lipinski definition) is 0. The molecule has 0 N–H and O–H groups in total. The Hall–Kier alpha value is -1.50. The van der Waals surface area contributed by atoms with Gasteiger partial charge in [0.1, 0.15) is 0 Å². The van der Waals surface area contributed by atoms with Crippen LogP contribution in [-0.2, 0) is 184 Å². The fraction of sp³-hybridized carbons (Fsp3) is 1.00. The van der Waals surface area contributed by atoms with E-state index in [0.717, 1.165) is 0 Å². The van der Waals surface area contributed by atoms with Gasteiger partial charge in [0.05, 0.1) is 476 Å². The minimum Gasteiger partial charge on any atom is -0.383 e. The Kier molecular flexibility index (Phi) is 109. The van der Waals surface area contributed by atoms with Gasteiger partial charge in [0.15, 0.2) is 0 Å². The van der Waals surface area contributed by atoms with Gasteiger partial charge in [-0.15, -0.1) is 0 Å². The third-order valence-corrected chi connectivity index (χ3v) is 13.9. The molecule has 40 heteroatoms. The standard InChI is InChI=1S/C75H153BO39/c1-77-4-7-80-10-13-83-16-19-86-22-25-89-28-31-92-34-37-95-40-43-98-46-49-101-52-55-104-58-61-107-64-67-110-70-73-113-76(114-74-71-111-68-65-108-62-59-105-56-53-102-50-47-99-44-41-96-38-35-93-32-29-90-26-23-87-20-17-84-14-11-81-8-5-78-2)115-75-72-112-69-66-109-63-60-106-57-54-103-51-48-100-45-42-97-39-36-94-33-30-91-27-24-88-21-18-85-15-12-82-9-6-79-3/h4-75H2,1-3H3. The molecule has 0 rings (SSSR count). The molecule has 0 aromatic rings. The van der Waals surface area contributed by atoms with Gasteiger partial charge < -0.3 is 184 Å². The van der Waals surface area contributed by atoms with Crippen molar-refractivity contribution >= 4 is 7.32 Å². The number of ether oxygens (including phenoxy) is 36. The summed E-state index contributed by atoms with van der Waals surface area (Å²) in [5.74, 6) is 0. The van der Waals surface area contributed by atoms with Crippen LogP contribution in [0.3, 0.4) is 0 Å². The van der Waals surface area contributed by atoms with Gasteiger partial charge in [-0.25, -0.2) is 0 Å². The fourth-order valence-corrected chi connectivity index (χ4v) is 8.08. The summed E-state index contributed by atoms with van der Waals surface area (Å²) in [6.07, 6.45) is 0. The van der Waals surface area contributed by atoms with Crippen molar-refractivity contribution in [2.24, 2.45) is 0 Å². The van der Waals surface area contributed by atoms with Crippen LogP contribution in [0, 0.1) is 0 Å². The molecular formula is C75H153BO39. The first-order valence-corrected chi connectivity index (χ1v) is 40.7. The first kappa shape index (κ1) is 114. The minimum absolute atomic E-state index is 0.215. The molecule has 0 saturated carbocycles. The summed E-state index contributed by atoms with van der Waals surface area (Å²) in [6, 6.07) is 0. The molecule has 0 bridgehead atoms. The van der Waals surface area contributed by atoms with Crippen molar-refractivity contribution in [3.63, 3.8) is 0 Å². The lowest BCUT2D eigenvalue weighted by atomic mass is 10.2. The maximum atomic E-state index is 5.84. The quantitative estimate of drug-likeness (QED) is 0.0591. The van der Waals surface area contributed by atoms with E-state index in [4.69, 9.17) is 184 Å². The zero-order chi connectivity index (χ0) is 82.1. The molecule has 39 nitrogen and oxygen atoms in total. The number of methoxy groups -OCH3 is 3. The van der Waals surface area contributed by atoms with Gasteiger partial charge in [0.2, 0.25) is 0 Å². The normalized spacial score (nSPS) is 11.8. The first-order valence-electron chi connectivity index (χ1n) is 40.7. The summed E-state index contributed by atoms with van der Waals surface area (Å²) >= 11 is 0. The molecule has 0 aliphatic heterocycles. The predicted molar refractivity (Wildman–Crippen MR) is 416 cm³/mol. The summed E-state index contributed by atoms with van der Waals surface area (Å²) in [6.45, 7) is 33.0. The van der Waals surface area contributed by atoms with Crippen molar-refractivity contribution < 1.29 is 184 Å². The van der Waals surface area contributed by atoms with Crippen molar-refractivity contribution in [3.8, 4) is 0 Å². The van der Waals surface area contributed by atoms with Crippen LogP contribution in [0.25, 0.3) is 0 Å². The average molecular weight is 1690 g/mol. The van der Waals surface area contributed by atoms with E-state index in [-0.39, 0.29) is 19.8 Å². The summed E-state index contributed by atoms with van der Waals surface area (Å²) in [4.78, 5) is 0. The lowest BCUT2D eigenvalue weighted by Gasteiger charge is -2.15. The van der Waals surface area contributed by atoms with Gasteiger partial charge in [-0.3, -0.25) is 0 Å². The second-order valence-electron chi connectivity index (χ2n) is 23.1. The molecule has 0 amide bonds. The molecule has 0 fully saturated rings. The zero-order valence-corrected chi connectivity index (χ0v) is 70.4. The monoisotopic (exact) mass is 1690 g/mol. The molecule has 0 spiro atoms. The molecule has 115 heavy (non-hydrogen) atoms. The smallest absolute Gasteiger partial charge is 0.383 e. The molecule has 0 aromatic carbocycles. The van der Waals surface area contributed by atoms with Crippen LogP contribution in [0.1, 0.15) is 0 Å². The number of hydrogen-bond acceptors (Lipinski definition) is 39. The van der Waals surface area contributed by atoms with E-state index in [0.29, 0.717) is 456 Å². The predicted octanol–water partition coefficient (Wildman–Crippen LogP) is 0.508. The Balaban J connectivity index is 4.03. The van der Waals surface area contributed by atoms with E-state index in [1.165, 1.54) is 0 Å². The molecule has 0 aliphatic rings. The highest BCUT2D eigenvalue weighted by atomic mass is 16.7. The molecule has 690 valence electrons. The minimum atomic E-state index is -0.969. The Morgan fingerprint density at radius 3 is 0.217 bits per heavy atom. The number of rotatable bonds is 111. The van der Waals surface area contributed by atoms with Gasteiger partial charge in [-0.2, -0.15) is 0 Å². The van der Waals surface area contributed by atoms with Crippen LogP contribution >= 0.6 is 0 Å². The van der Waals surface area contributed by atoms with Gasteiger partial charge in [-0.1, -0.05) is 0 Å². The Bertz CT molecular complexity index is 1490. The molecule has 0 aliphatic carbocycles. The van der Waals surface area contributed by atoms with Crippen molar-refractivity contribution in [3.05, 3.63) is 0 Å². The van der Waals surface area contributed by atoms with Crippen LogP contribution in [0.5, 0.6) is 0 Å². The highest BCUT2D eigenvalue weighted by Gasteiger charge is 2.21. The lowest BCUT2D eigenvalue weighted by molar-refractivity contribution is -0.0298. The van der Waals surface area contributed by atoms with E-state index >= 15 is 0 Å². The molecule has 0 aromatic heterocycles. The van der Waals surface area contributed by atoms with Gasteiger partial charge in [-0.05, 0) is 0 Å².